The quantitative estimate of drug-likeness (QED) is 0.902. The minimum Gasteiger partial charge on any atom is -0.341 e. The summed E-state index contributed by atoms with van der Waals surface area (Å²) in [6.07, 6.45) is 4.62. The van der Waals surface area contributed by atoms with E-state index in [2.05, 4.69) is 47.5 Å². The van der Waals surface area contributed by atoms with Gasteiger partial charge in [0.25, 0.3) is 0 Å². The Labute approximate surface area is 127 Å². The number of likely N-dealkylation sites (N-methyl/N-ethyl adjacent to an activating group) is 1. The van der Waals surface area contributed by atoms with Gasteiger partial charge in [-0.25, -0.2) is 0 Å². The third kappa shape index (κ3) is 3.65. The molecule has 1 heterocycles. The van der Waals surface area contributed by atoms with E-state index in [-0.39, 0.29) is 6.04 Å². The van der Waals surface area contributed by atoms with Gasteiger partial charge in [-0.1, -0.05) is 37.3 Å². The molecule has 1 saturated carbocycles. The summed E-state index contributed by atoms with van der Waals surface area (Å²) < 4.78 is 0. The minimum absolute atomic E-state index is 0.0125. The summed E-state index contributed by atoms with van der Waals surface area (Å²) in [5.74, 6) is 1.58. The van der Waals surface area contributed by atoms with Gasteiger partial charge in [0.15, 0.2) is 0 Å². The molecule has 1 aliphatic heterocycles. The first-order valence-electron chi connectivity index (χ1n) is 8.35. The number of nitrogens with one attached hydrogen (secondary N) is 1. The third-order valence-electron chi connectivity index (χ3n) is 4.77. The van der Waals surface area contributed by atoms with E-state index in [1.807, 2.05) is 0 Å². The van der Waals surface area contributed by atoms with Crippen molar-refractivity contribution in [2.75, 3.05) is 19.6 Å². The highest BCUT2D eigenvalue weighted by molar-refractivity contribution is 5.82. The maximum absolute atomic E-state index is 12.7. The fraction of sp³-hybridized carbons (Fsp3) is 0.611. The van der Waals surface area contributed by atoms with Crippen LogP contribution in [0.4, 0.5) is 0 Å². The molecule has 1 aromatic rings. The molecule has 1 saturated heterocycles. The van der Waals surface area contributed by atoms with Crippen molar-refractivity contribution in [2.45, 2.75) is 44.6 Å². The Hall–Kier alpha value is -1.35. The largest absolute Gasteiger partial charge is 0.341 e. The first-order valence-corrected chi connectivity index (χ1v) is 8.35. The van der Waals surface area contributed by atoms with Crippen molar-refractivity contribution in [3.8, 4) is 0 Å². The molecule has 1 aromatic carbocycles. The van der Waals surface area contributed by atoms with Gasteiger partial charge in [-0.05, 0) is 49.6 Å². The van der Waals surface area contributed by atoms with E-state index in [0.717, 1.165) is 38.4 Å². The minimum atomic E-state index is -0.0125. The van der Waals surface area contributed by atoms with E-state index in [4.69, 9.17) is 0 Å². The molecule has 3 heteroatoms. The molecule has 0 spiro atoms. The van der Waals surface area contributed by atoms with Gasteiger partial charge in [-0.2, -0.15) is 0 Å². The number of amides is 1. The highest BCUT2D eigenvalue weighted by Gasteiger charge is 2.34. The maximum Gasteiger partial charge on any atom is 0.239 e. The van der Waals surface area contributed by atoms with Crippen molar-refractivity contribution in [3.63, 3.8) is 0 Å². The first-order chi connectivity index (χ1) is 10.3. The molecular weight excluding hydrogens is 260 g/mol. The lowest BCUT2D eigenvalue weighted by Crippen LogP contribution is -2.46. The summed E-state index contributed by atoms with van der Waals surface area (Å²) in [6.45, 7) is 4.83. The number of rotatable bonds is 5. The third-order valence-corrected chi connectivity index (χ3v) is 4.77. The van der Waals surface area contributed by atoms with E-state index in [1.54, 1.807) is 0 Å². The monoisotopic (exact) mass is 286 g/mol. The van der Waals surface area contributed by atoms with Gasteiger partial charge in [-0.15, -0.1) is 0 Å². The van der Waals surface area contributed by atoms with Crippen LogP contribution in [-0.2, 0) is 4.79 Å². The van der Waals surface area contributed by atoms with Crippen LogP contribution in [0.25, 0.3) is 0 Å². The van der Waals surface area contributed by atoms with Gasteiger partial charge in [0.1, 0.15) is 0 Å². The fourth-order valence-corrected chi connectivity index (χ4v) is 3.38. The summed E-state index contributed by atoms with van der Waals surface area (Å²) in [7, 11) is 0. The second kappa shape index (κ2) is 6.61. The van der Waals surface area contributed by atoms with Crippen LogP contribution in [0.15, 0.2) is 30.3 Å². The van der Waals surface area contributed by atoms with Gasteiger partial charge in [-0.3, -0.25) is 4.79 Å². The Kier molecular flexibility index (Phi) is 4.59. The first kappa shape index (κ1) is 14.6. The van der Waals surface area contributed by atoms with Crippen molar-refractivity contribution in [1.82, 2.24) is 10.2 Å². The van der Waals surface area contributed by atoms with E-state index < -0.39 is 0 Å². The summed E-state index contributed by atoms with van der Waals surface area (Å²) >= 11 is 0. The molecule has 2 atom stereocenters. The molecule has 1 aliphatic carbocycles. The smallest absolute Gasteiger partial charge is 0.239 e. The molecule has 3 nitrogen and oxygen atoms in total. The van der Waals surface area contributed by atoms with Crippen molar-refractivity contribution in [3.05, 3.63) is 35.9 Å². The molecule has 1 amide bonds. The van der Waals surface area contributed by atoms with Crippen molar-refractivity contribution < 1.29 is 4.79 Å². The molecule has 0 bridgehead atoms. The van der Waals surface area contributed by atoms with E-state index in [9.17, 15) is 4.79 Å². The Balaban J connectivity index is 1.74. The Bertz CT molecular complexity index is 469. The number of carbonyl (C=O) groups excluding carboxylic acids is 1. The predicted molar refractivity (Wildman–Crippen MR) is 85.2 cm³/mol. The van der Waals surface area contributed by atoms with Crippen LogP contribution in [0, 0.1) is 5.92 Å². The lowest BCUT2D eigenvalue weighted by molar-refractivity contribution is -0.133. The topological polar surface area (TPSA) is 32.3 Å². The molecule has 3 rings (SSSR count). The number of benzene rings is 1. The predicted octanol–water partition coefficient (Wildman–Crippen LogP) is 2.78. The summed E-state index contributed by atoms with van der Waals surface area (Å²) in [5, 5.41) is 3.41. The van der Waals surface area contributed by atoms with Crippen LogP contribution in [0.5, 0.6) is 0 Å². The number of carbonyl (C=O) groups is 1. The maximum atomic E-state index is 12.7. The number of hydrogen-bond acceptors (Lipinski definition) is 2. The molecular formula is C18H26N2O. The zero-order chi connectivity index (χ0) is 14.7. The Morgan fingerprint density at radius 3 is 2.62 bits per heavy atom. The van der Waals surface area contributed by atoms with Crippen LogP contribution in [0.1, 0.15) is 44.1 Å². The number of hydrogen-bond donors (Lipinski definition) is 1. The lowest BCUT2D eigenvalue weighted by atomic mass is 9.90. The van der Waals surface area contributed by atoms with Crippen molar-refractivity contribution >= 4 is 5.91 Å². The molecule has 21 heavy (non-hydrogen) atoms. The normalized spacial score (nSPS) is 26.7. The highest BCUT2D eigenvalue weighted by atomic mass is 16.2. The zero-order valence-corrected chi connectivity index (χ0v) is 12.9. The number of likely N-dealkylation sites (tertiary alicyclic amines) is 1. The van der Waals surface area contributed by atoms with E-state index in [1.165, 1.54) is 18.4 Å². The molecule has 0 aromatic heterocycles. The van der Waals surface area contributed by atoms with Gasteiger partial charge in [0, 0.05) is 13.1 Å². The van der Waals surface area contributed by atoms with Crippen molar-refractivity contribution in [2.24, 2.45) is 5.92 Å². The summed E-state index contributed by atoms with van der Waals surface area (Å²) in [4.78, 5) is 14.9. The van der Waals surface area contributed by atoms with E-state index in [0.29, 0.717) is 11.8 Å². The average molecular weight is 286 g/mol. The van der Waals surface area contributed by atoms with Crippen LogP contribution in [0.2, 0.25) is 0 Å². The standard InChI is InChI=1S/C18H26N2O/c1-2-19-17-12-16(15-6-4-3-5-7-15)10-11-20(18(17)21)13-14-8-9-14/h3-7,14,16-17,19H,2,8-13H2,1H3/t16-,17+/m0/s1. The van der Waals surface area contributed by atoms with Gasteiger partial charge < -0.3 is 10.2 Å². The SMILES string of the molecule is CCN[C@@H]1C[C@@H](c2ccccc2)CCN(CC2CC2)C1=O. The second-order valence-corrected chi connectivity index (χ2v) is 6.47. The Morgan fingerprint density at radius 1 is 1.19 bits per heavy atom. The molecule has 2 aliphatic rings. The average Bonchev–Trinajstić information content (AvgIpc) is 3.33. The van der Waals surface area contributed by atoms with Crippen LogP contribution in [0.3, 0.4) is 0 Å². The fourth-order valence-electron chi connectivity index (χ4n) is 3.38. The zero-order valence-electron chi connectivity index (χ0n) is 12.9. The lowest BCUT2D eigenvalue weighted by Gasteiger charge is -2.24. The highest BCUT2D eigenvalue weighted by Crippen LogP contribution is 2.33. The van der Waals surface area contributed by atoms with Crippen LogP contribution >= 0.6 is 0 Å². The second-order valence-electron chi connectivity index (χ2n) is 6.47. The molecule has 0 unspecified atom stereocenters. The molecule has 1 N–H and O–H groups in total. The van der Waals surface area contributed by atoms with Crippen LogP contribution < -0.4 is 5.32 Å². The van der Waals surface area contributed by atoms with Gasteiger partial charge in [0.2, 0.25) is 5.91 Å². The van der Waals surface area contributed by atoms with Crippen molar-refractivity contribution in [1.29, 1.82) is 0 Å². The van der Waals surface area contributed by atoms with Gasteiger partial charge >= 0.3 is 0 Å². The van der Waals surface area contributed by atoms with E-state index >= 15 is 0 Å². The molecule has 0 radical (unpaired) electrons. The molecule has 2 fully saturated rings. The molecule has 114 valence electrons. The summed E-state index contributed by atoms with van der Waals surface area (Å²) in [6, 6.07) is 10.7. The van der Waals surface area contributed by atoms with Gasteiger partial charge in [0.05, 0.1) is 6.04 Å². The Morgan fingerprint density at radius 2 is 1.95 bits per heavy atom. The van der Waals surface area contributed by atoms with Crippen LogP contribution in [-0.4, -0.2) is 36.5 Å². The number of nitrogens with zero attached hydrogens (tertiary/aromatic N) is 1. The summed E-state index contributed by atoms with van der Waals surface area (Å²) in [5.41, 5.74) is 1.38.